The summed E-state index contributed by atoms with van der Waals surface area (Å²) in [6.07, 6.45) is 4.99. The van der Waals surface area contributed by atoms with Crippen LogP contribution in [-0.2, 0) is 20.9 Å². The Labute approximate surface area is 151 Å². The van der Waals surface area contributed by atoms with Crippen molar-refractivity contribution in [1.29, 1.82) is 0 Å². The predicted octanol–water partition coefficient (Wildman–Crippen LogP) is 3.93. The van der Waals surface area contributed by atoms with E-state index in [0.29, 0.717) is 12.6 Å². The Bertz CT molecular complexity index is 581. The number of hydrogen-bond donors (Lipinski definition) is 0. The smallest absolute Gasteiger partial charge is 0.327 e. The number of rotatable bonds is 6. The quantitative estimate of drug-likeness (QED) is 0.578. The lowest BCUT2D eigenvalue weighted by Crippen LogP contribution is -2.51. The summed E-state index contributed by atoms with van der Waals surface area (Å²) in [6.45, 7) is 8.24. The molecule has 0 spiro atoms. The molecule has 2 atom stereocenters. The molecular weight excluding hydrogens is 314 g/mol. The molecule has 2 saturated heterocycles. The highest BCUT2D eigenvalue weighted by Crippen LogP contribution is 2.44. The van der Waals surface area contributed by atoms with E-state index in [4.69, 9.17) is 9.47 Å². The zero-order valence-corrected chi connectivity index (χ0v) is 15.8. The molecule has 0 N–H and O–H groups in total. The normalized spacial score (nSPS) is 26.6. The Morgan fingerprint density at radius 1 is 1.24 bits per heavy atom. The van der Waals surface area contributed by atoms with E-state index in [-0.39, 0.29) is 11.5 Å². The fourth-order valence-corrected chi connectivity index (χ4v) is 4.24. The second-order valence-electron chi connectivity index (χ2n) is 8.35. The average molecular weight is 345 g/mol. The van der Waals surface area contributed by atoms with Gasteiger partial charge in [0.25, 0.3) is 0 Å². The number of carbonyl (C=O) groups excluding carboxylic acids is 1. The van der Waals surface area contributed by atoms with E-state index in [1.54, 1.807) is 0 Å². The summed E-state index contributed by atoms with van der Waals surface area (Å²) in [5, 5.41) is 0. The molecule has 0 bridgehead atoms. The molecule has 1 unspecified atom stereocenters. The average Bonchev–Trinajstić information content (AvgIpc) is 3.12. The van der Waals surface area contributed by atoms with Crippen LogP contribution in [0.3, 0.4) is 0 Å². The zero-order chi connectivity index (χ0) is 17.9. The standard InChI is InChI=1S/C21H31NO3/c1-20(2,3)25-19(23)21-12-7-14-22(21)18(10-13-21)11-15-24-16-17-8-5-4-6-9-17/h4-6,8-9,18H,7,10-16H2,1-3H3/t18-,21?/m1/s1. The number of benzene rings is 1. The second kappa shape index (κ2) is 7.46. The molecule has 0 saturated carbocycles. The minimum atomic E-state index is -0.420. The fraction of sp³-hybridized carbons (Fsp3) is 0.667. The highest BCUT2D eigenvalue weighted by atomic mass is 16.6. The maximum absolute atomic E-state index is 12.8. The van der Waals surface area contributed by atoms with Crippen molar-refractivity contribution in [3.05, 3.63) is 35.9 Å². The topological polar surface area (TPSA) is 38.8 Å². The van der Waals surface area contributed by atoms with Gasteiger partial charge in [0.05, 0.1) is 6.61 Å². The third-order valence-corrected chi connectivity index (χ3v) is 5.36. The summed E-state index contributed by atoms with van der Waals surface area (Å²) < 4.78 is 11.6. The first kappa shape index (κ1) is 18.4. The van der Waals surface area contributed by atoms with E-state index >= 15 is 0 Å². The van der Waals surface area contributed by atoms with Crippen LogP contribution in [0, 0.1) is 0 Å². The van der Waals surface area contributed by atoms with E-state index < -0.39 is 5.60 Å². The monoisotopic (exact) mass is 345 g/mol. The van der Waals surface area contributed by atoms with Gasteiger partial charge in [-0.2, -0.15) is 0 Å². The van der Waals surface area contributed by atoms with Crippen LogP contribution < -0.4 is 0 Å². The molecule has 4 nitrogen and oxygen atoms in total. The summed E-state index contributed by atoms with van der Waals surface area (Å²) in [6, 6.07) is 10.7. The van der Waals surface area contributed by atoms with Gasteiger partial charge in [0.1, 0.15) is 11.1 Å². The first-order chi connectivity index (χ1) is 11.9. The van der Waals surface area contributed by atoms with Crippen molar-refractivity contribution in [2.45, 2.75) is 76.7 Å². The van der Waals surface area contributed by atoms with Crippen molar-refractivity contribution in [2.75, 3.05) is 13.2 Å². The molecular formula is C21H31NO3. The molecule has 1 aromatic rings. The SMILES string of the molecule is CC(C)(C)OC(=O)C12CCCN1[C@@H](CCOCc1ccccc1)CC2. The molecule has 25 heavy (non-hydrogen) atoms. The van der Waals surface area contributed by atoms with Gasteiger partial charge in [0.2, 0.25) is 0 Å². The Morgan fingerprint density at radius 2 is 2.00 bits per heavy atom. The number of fused-ring (bicyclic) bond motifs is 1. The molecule has 2 aliphatic heterocycles. The van der Waals surface area contributed by atoms with Crippen molar-refractivity contribution in [3.8, 4) is 0 Å². The lowest BCUT2D eigenvalue weighted by molar-refractivity contribution is -0.167. The van der Waals surface area contributed by atoms with Crippen LogP contribution in [0.4, 0.5) is 0 Å². The van der Waals surface area contributed by atoms with Gasteiger partial charge in [-0.1, -0.05) is 30.3 Å². The number of esters is 1. The van der Waals surface area contributed by atoms with Gasteiger partial charge in [0.15, 0.2) is 0 Å². The Kier molecular flexibility index (Phi) is 5.49. The first-order valence-electron chi connectivity index (χ1n) is 9.53. The van der Waals surface area contributed by atoms with Gasteiger partial charge >= 0.3 is 5.97 Å². The minimum Gasteiger partial charge on any atom is -0.459 e. The van der Waals surface area contributed by atoms with Gasteiger partial charge in [-0.15, -0.1) is 0 Å². The molecule has 2 aliphatic rings. The number of hydrogen-bond acceptors (Lipinski definition) is 4. The van der Waals surface area contributed by atoms with Crippen molar-refractivity contribution >= 4 is 5.97 Å². The number of carbonyl (C=O) groups is 1. The van der Waals surface area contributed by atoms with Crippen LogP contribution >= 0.6 is 0 Å². The van der Waals surface area contributed by atoms with Crippen molar-refractivity contribution in [3.63, 3.8) is 0 Å². The molecule has 1 aromatic carbocycles. The van der Waals surface area contributed by atoms with E-state index in [1.165, 1.54) is 5.56 Å². The summed E-state index contributed by atoms with van der Waals surface area (Å²) >= 11 is 0. The first-order valence-corrected chi connectivity index (χ1v) is 9.53. The van der Waals surface area contributed by atoms with Gasteiger partial charge in [-0.05, 0) is 65.0 Å². The largest absolute Gasteiger partial charge is 0.459 e. The van der Waals surface area contributed by atoms with Crippen LogP contribution in [0.25, 0.3) is 0 Å². The highest BCUT2D eigenvalue weighted by Gasteiger charge is 2.55. The molecule has 138 valence electrons. The van der Waals surface area contributed by atoms with Gasteiger partial charge in [-0.3, -0.25) is 9.69 Å². The van der Waals surface area contributed by atoms with Crippen molar-refractivity contribution in [2.24, 2.45) is 0 Å². The number of nitrogens with zero attached hydrogens (tertiary/aromatic N) is 1. The zero-order valence-electron chi connectivity index (χ0n) is 15.8. The van der Waals surface area contributed by atoms with Crippen molar-refractivity contribution in [1.82, 2.24) is 4.90 Å². The lowest BCUT2D eigenvalue weighted by atomic mass is 9.94. The van der Waals surface area contributed by atoms with Gasteiger partial charge in [-0.25, -0.2) is 0 Å². The summed E-state index contributed by atoms with van der Waals surface area (Å²) in [5.41, 5.74) is 0.409. The molecule has 0 amide bonds. The molecule has 3 rings (SSSR count). The van der Waals surface area contributed by atoms with E-state index in [9.17, 15) is 4.79 Å². The van der Waals surface area contributed by atoms with E-state index in [2.05, 4.69) is 17.0 Å². The summed E-state index contributed by atoms with van der Waals surface area (Å²) in [7, 11) is 0. The summed E-state index contributed by atoms with van der Waals surface area (Å²) in [4.78, 5) is 15.2. The van der Waals surface area contributed by atoms with Gasteiger partial charge in [0, 0.05) is 12.6 Å². The summed E-state index contributed by atoms with van der Waals surface area (Å²) in [5.74, 6) is -0.0230. The third-order valence-electron chi connectivity index (χ3n) is 5.36. The number of ether oxygens (including phenoxy) is 2. The molecule has 2 heterocycles. The lowest BCUT2D eigenvalue weighted by Gasteiger charge is -2.35. The van der Waals surface area contributed by atoms with E-state index in [0.717, 1.165) is 45.3 Å². The third kappa shape index (κ3) is 4.24. The Balaban J connectivity index is 1.52. The van der Waals surface area contributed by atoms with E-state index in [1.807, 2.05) is 39.0 Å². The Hall–Kier alpha value is -1.39. The second-order valence-corrected chi connectivity index (χ2v) is 8.35. The minimum absolute atomic E-state index is 0.0230. The van der Waals surface area contributed by atoms with Crippen LogP contribution in [0.2, 0.25) is 0 Å². The van der Waals surface area contributed by atoms with Crippen LogP contribution in [0.1, 0.15) is 58.4 Å². The molecule has 2 fully saturated rings. The van der Waals surface area contributed by atoms with Crippen molar-refractivity contribution < 1.29 is 14.3 Å². The molecule has 4 heteroatoms. The molecule has 0 aromatic heterocycles. The Morgan fingerprint density at radius 3 is 2.72 bits per heavy atom. The highest BCUT2D eigenvalue weighted by molar-refractivity contribution is 5.82. The van der Waals surface area contributed by atoms with Crippen LogP contribution in [0.5, 0.6) is 0 Å². The molecule has 0 aliphatic carbocycles. The maximum atomic E-state index is 12.8. The predicted molar refractivity (Wildman–Crippen MR) is 98.3 cm³/mol. The molecule has 0 radical (unpaired) electrons. The van der Waals surface area contributed by atoms with Gasteiger partial charge < -0.3 is 9.47 Å². The fourth-order valence-electron chi connectivity index (χ4n) is 4.24. The van der Waals surface area contributed by atoms with Crippen LogP contribution in [0.15, 0.2) is 30.3 Å². The van der Waals surface area contributed by atoms with Crippen LogP contribution in [-0.4, -0.2) is 41.2 Å². The maximum Gasteiger partial charge on any atom is 0.327 e.